The van der Waals surface area contributed by atoms with Crippen LogP contribution in [0, 0.1) is 5.92 Å². The number of rotatable bonds is 3. The van der Waals surface area contributed by atoms with Gasteiger partial charge in [0.25, 0.3) is 5.91 Å². The van der Waals surface area contributed by atoms with Crippen molar-refractivity contribution in [3.8, 4) is 0 Å². The number of hydrogen-bond donors (Lipinski definition) is 0. The van der Waals surface area contributed by atoms with Crippen molar-refractivity contribution in [2.24, 2.45) is 5.92 Å². The monoisotopic (exact) mass is 332 g/mol. The van der Waals surface area contributed by atoms with E-state index < -0.39 is 0 Å². The molecule has 2 aliphatic heterocycles. The summed E-state index contributed by atoms with van der Waals surface area (Å²) in [5.41, 5.74) is 1.36. The van der Waals surface area contributed by atoms with Crippen LogP contribution >= 0.6 is 11.3 Å². The van der Waals surface area contributed by atoms with Crippen LogP contribution in [0.2, 0.25) is 0 Å². The molecule has 0 unspecified atom stereocenters. The Morgan fingerprint density at radius 1 is 1.30 bits per heavy atom. The lowest BCUT2D eigenvalue weighted by molar-refractivity contribution is 0.0476. The number of furan rings is 1. The van der Waals surface area contributed by atoms with Crippen LogP contribution < -0.4 is 0 Å². The standard InChI is InChI=1S/C17H20N2O3S/c20-17(15-2-1-5-21-15)19-10-14-9-18(4-6-22-16(14)11-19)8-13-3-7-23-12-13/h1-3,5,7,12,14,16H,4,6,8-11H2/t14-,16+/m1/s1. The molecular weight excluding hydrogens is 312 g/mol. The van der Waals surface area contributed by atoms with Crippen molar-refractivity contribution in [3.63, 3.8) is 0 Å². The summed E-state index contributed by atoms with van der Waals surface area (Å²) in [7, 11) is 0. The van der Waals surface area contributed by atoms with E-state index in [2.05, 4.69) is 21.7 Å². The summed E-state index contributed by atoms with van der Waals surface area (Å²) in [5, 5.41) is 4.32. The molecular formula is C17H20N2O3S. The molecule has 0 spiro atoms. The highest BCUT2D eigenvalue weighted by atomic mass is 32.1. The molecule has 2 saturated heterocycles. The molecule has 4 heterocycles. The van der Waals surface area contributed by atoms with Crippen molar-refractivity contribution in [2.75, 3.05) is 32.8 Å². The lowest BCUT2D eigenvalue weighted by Gasteiger charge is -2.22. The molecule has 2 fully saturated rings. The Labute approximate surface area is 139 Å². The predicted octanol–water partition coefficient (Wildman–Crippen LogP) is 2.31. The van der Waals surface area contributed by atoms with Crippen molar-refractivity contribution >= 4 is 17.2 Å². The van der Waals surface area contributed by atoms with E-state index in [1.165, 1.54) is 5.56 Å². The quantitative estimate of drug-likeness (QED) is 0.865. The molecule has 23 heavy (non-hydrogen) atoms. The van der Waals surface area contributed by atoms with Crippen LogP contribution in [0.1, 0.15) is 16.1 Å². The average Bonchev–Trinajstić information content (AvgIpc) is 3.28. The van der Waals surface area contributed by atoms with Crippen LogP contribution in [0.4, 0.5) is 0 Å². The van der Waals surface area contributed by atoms with Gasteiger partial charge in [-0.15, -0.1) is 0 Å². The molecule has 0 aromatic carbocycles. The summed E-state index contributed by atoms with van der Waals surface area (Å²) >= 11 is 1.73. The summed E-state index contributed by atoms with van der Waals surface area (Å²) in [6.45, 7) is 5.02. The summed E-state index contributed by atoms with van der Waals surface area (Å²) in [4.78, 5) is 16.7. The molecule has 2 aromatic rings. The normalized spacial score (nSPS) is 25.3. The third-order valence-corrected chi connectivity index (χ3v) is 5.35. The zero-order chi connectivity index (χ0) is 15.6. The number of nitrogens with zero attached hydrogens (tertiary/aromatic N) is 2. The van der Waals surface area contributed by atoms with Crippen LogP contribution in [-0.2, 0) is 11.3 Å². The van der Waals surface area contributed by atoms with Gasteiger partial charge in [-0.25, -0.2) is 0 Å². The Morgan fingerprint density at radius 3 is 3.04 bits per heavy atom. The van der Waals surface area contributed by atoms with Crippen molar-refractivity contribution in [1.29, 1.82) is 0 Å². The fourth-order valence-corrected chi connectivity index (χ4v) is 4.13. The SMILES string of the molecule is O=C(c1ccco1)N1C[C@H]2CN(Cc3ccsc3)CCO[C@H]2C1. The summed E-state index contributed by atoms with van der Waals surface area (Å²) in [5.74, 6) is 0.752. The number of fused-ring (bicyclic) bond motifs is 1. The van der Waals surface area contributed by atoms with E-state index in [0.29, 0.717) is 18.2 Å². The number of thiophene rings is 1. The van der Waals surface area contributed by atoms with Gasteiger partial charge in [-0.1, -0.05) is 0 Å². The molecule has 5 nitrogen and oxygen atoms in total. The first-order valence-electron chi connectivity index (χ1n) is 7.97. The van der Waals surface area contributed by atoms with Gasteiger partial charge in [-0.2, -0.15) is 11.3 Å². The number of ether oxygens (including phenoxy) is 1. The van der Waals surface area contributed by atoms with Crippen LogP contribution in [-0.4, -0.2) is 54.6 Å². The number of likely N-dealkylation sites (tertiary alicyclic amines) is 1. The highest BCUT2D eigenvalue weighted by Gasteiger charge is 2.39. The van der Waals surface area contributed by atoms with Crippen molar-refractivity contribution < 1.29 is 13.9 Å². The maximum absolute atomic E-state index is 12.4. The van der Waals surface area contributed by atoms with Gasteiger partial charge >= 0.3 is 0 Å². The molecule has 0 N–H and O–H groups in total. The fourth-order valence-electron chi connectivity index (χ4n) is 3.47. The largest absolute Gasteiger partial charge is 0.459 e. The third-order valence-electron chi connectivity index (χ3n) is 4.62. The minimum absolute atomic E-state index is 0.0314. The highest BCUT2D eigenvalue weighted by Crippen LogP contribution is 2.26. The molecule has 0 aliphatic carbocycles. The van der Waals surface area contributed by atoms with Gasteiger partial charge in [-0.05, 0) is 34.5 Å². The summed E-state index contributed by atoms with van der Waals surface area (Å²) in [6, 6.07) is 5.65. The molecule has 2 aliphatic rings. The molecule has 0 saturated carbocycles. The van der Waals surface area contributed by atoms with E-state index in [0.717, 1.165) is 32.8 Å². The highest BCUT2D eigenvalue weighted by molar-refractivity contribution is 7.07. The van der Waals surface area contributed by atoms with Gasteiger partial charge in [0.15, 0.2) is 5.76 Å². The second kappa shape index (κ2) is 6.47. The molecule has 0 bridgehead atoms. The lowest BCUT2D eigenvalue weighted by Crippen LogP contribution is -2.33. The zero-order valence-electron chi connectivity index (χ0n) is 12.9. The first-order valence-corrected chi connectivity index (χ1v) is 8.91. The van der Waals surface area contributed by atoms with E-state index in [-0.39, 0.29) is 12.0 Å². The smallest absolute Gasteiger partial charge is 0.289 e. The number of carbonyl (C=O) groups excluding carboxylic acids is 1. The van der Waals surface area contributed by atoms with E-state index in [1.54, 1.807) is 29.7 Å². The van der Waals surface area contributed by atoms with Gasteiger partial charge < -0.3 is 14.1 Å². The van der Waals surface area contributed by atoms with Gasteiger partial charge in [0.2, 0.25) is 0 Å². The molecule has 2 atom stereocenters. The van der Waals surface area contributed by atoms with Crippen LogP contribution in [0.3, 0.4) is 0 Å². The zero-order valence-corrected chi connectivity index (χ0v) is 13.7. The number of carbonyl (C=O) groups is 1. The van der Waals surface area contributed by atoms with Crippen molar-refractivity contribution in [3.05, 3.63) is 46.5 Å². The van der Waals surface area contributed by atoms with Crippen LogP contribution in [0.25, 0.3) is 0 Å². The number of hydrogen-bond acceptors (Lipinski definition) is 5. The Bertz CT molecular complexity index is 641. The van der Waals surface area contributed by atoms with Gasteiger partial charge in [0.1, 0.15) is 0 Å². The predicted molar refractivity (Wildman–Crippen MR) is 87.4 cm³/mol. The Kier molecular flexibility index (Phi) is 4.20. The van der Waals surface area contributed by atoms with Crippen molar-refractivity contribution in [1.82, 2.24) is 9.80 Å². The molecule has 6 heteroatoms. The molecule has 2 aromatic heterocycles. The molecule has 4 rings (SSSR count). The van der Waals surface area contributed by atoms with E-state index in [1.807, 2.05) is 4.90 Å². The second-order valence-electron chi connectivity index (χ2n) is 6.22. The van der Waals surface area contributed by atoms with Crippen molar-refractivity contribution in [2.45, 2.75) is 12.6 Å². The Hall–Kier alpha value is -1.63. The third kappa shape index (κ3) is 3.20. The van der Waals surface area contributed by atoms with Gasteiger partial charge in [-0.3, -0.25) is 9.69 Å². The average molecular weight is 332 g/mol. The first-order chi connectivity index (χ1) is 11.3. The Balaban J connectivity index is 1.41. The lowest BCUT2D eigenvalue weighted by atomic mass is 10.1. The van der Waals surface area contributed by atoms with Gasteiger partial charge in [0.05, 0.1) is 19.0 Å². The first kappa shape index (κ1) is 14.9. The molecule has 0 radical (unpaired) electrons. The maximum atomic E-state index is 12.4. The molecule has 122 valence electrons. The summed E-state index contributed by atoms with van der Waals surface area (Å²) in [6.07, 6.45) is 1.68. The Morgan fingerprint density at radius 2 is 2.26 bits per heavy atom. The van der Waals surface area contributed by atoms with E-state index >= 15 is 0 Å². The summed E-state index contributed by atoms with van der Waals surface area (Å²) < 4.78 is 11.2. The topological polar surface area (TPSA) is 45.9 Å². The molecule has 1 amide bonds. The fraction of sp³-hybridized carbons (Fsp3) is 0.471. The van der Waals surface area contributed by atoms with E-state index in [4.69, 9.17) is 9.15 Å². The van der Waals surface area contributed by atoms with Gasteiger partial charge in [0, 0.05) is 38.6 Å². The maximum Gasteiger partial charge on any atom is 0.289 e. The minimum atomic E-state index is -0.0314. The minimum Gasteiger partial charge on any atom is -0.459 e. The number of amides is 1. The van der Waals surface area contributed by atoms with Crippen LogP contribution in [0.5, 0.6) is 0 Å². The van der Waals surface area contributed by atoms with E-state index in [9.17, 15) is 4.79 Å². The van der Waals surface area contributed by atoms with Crippen LogP contribution in [0.15, 0.2) is 39.6 Å². The second-order valence-corrected chi connectivity index (χ2v) is 7.00.